The summed E-state index contributed by atoms with van der Waals surface area (Å²) in [6, 6.07) is 13.2. The molecule has 0 radical (unpaired) electrons. The fourth-order valence-electron chi connectivity index (χ4n) is 4.90. The molecule has 6 heteroatoms. The summed E-state index contributed by atoms with van der Waals surface area (Å²) in [5.74, 6) is 0.515. The molecular weight excluding hydrogens is 401 g/mol. The molecule has 0 aliphatic carbocycles. The number of amides is 1. The van der Waals surface area contributed by atoms with Crippen molar-refractivity contribution in [1.82, 2.24) is 9.88 Å². The molecule has 4 nitrogen and oxygen atoms in total. The van der Waals surface area contributed by atoms with Crippen molar-refractivity contribution in [1.29, 1.82) is 0 Å². The predicted octanol–water partition coefficient (Wildman–Crippen LogP) is 4.89. The van der Waals surface area contributed by atoms with Gasteiger partial charge in [0.15, 0.2) is 0 Å². The number of rotatable bonds is 4. The van der Waals surface area contributed by atoms with Gasteiger partial charge in [0.05, 0.1) is 0 Å². The first-order chi connectivity index (χ1) is 14.2. The molecule has 0 saturated carbocycles. The Labute approximate surface area is 182 Å². The summed E-state index contributed by atoms with van der Waals surface area (Å²) >= 11 is 0. The molecule has 5 rings (SSSR count). The van der Waals surface area contributed by atoms with Crippen molar-refractivity contribution in [3.8, 4) is 0 Å². The number of hydrogen-bond acceptors (Lipinski definition) is 2. The lowest BCUT2D eigenvalue weighted by Crippen LogP contribution is -2.43. The van der Waals surface area contributed by atoms with E-state index in [1.165, 1.54) is 17.2 Å². The summed E-state index contributed by atoms with van der Waals surface area (Å²) in [4.78, 5) is 20.2. The molecule has 1 saturated heterocycles. The number of aromatic nitrogens is 1. The van der Waals surface area contributed by atoms with Crippen LogP contribution in [0.3, 0.4) is 0 Å². The van der Waals surface area contributed by atoms with Gasteiger partial charge in [0.1, 0.15) is 5.82 Å². The molecule has 2 aromatic carbocycles. The molecule has 0 unspecified atom stereocenters. The second-order valence-corrected chi connectivity index (χ2v) is 8.22. The molecule has 0 bridgehead atoms. The largest absolute Gasteiger partial charge is 0.361 e. The molecule has 158 valence electrons. The molecule has 1 N–H and O–H groups in total. The third-order valence-corrected chi connectivity index (χ3v) is 6.53. The molecule has 0 atom stereocenters. The molecule has 0 spiro atoms. The summed E-state index contributed by atoms with van der Waals surface area (Å²) in [5.41, 5.74) is 4.60. The first-order valence-electron chi connectivity index (χ1n) is 10.6. The van der Waals surface area contributed by atoms with Gasteiger partial charge in [-0.05, 0) is 73.7 Å². The van der Waals surface area contributed by atoms with Gasteiger partial charge in [0.25, 0.3) is 0 Å². The number of carbonyl (C=O) groups is 1. The van der Waals surface area contributed by atoms with Gasteiger partial charge in [0.2, 0.25) is 5.91 Å². The standard InChI is InChI=1S/C24H26FN3O.ClH/c25-19-6-7-22-20(15-19)21(16-26-22)17-9-11-27(12-10-17)13-14-28-23-4-2-1-3-18(23)5-8-24(28)29;/h1-4,6-7,15-17,26H,5,8-14H2;1H. The lowest BCUT2D eigenvalue weighted by atomic mass is 9.89. The van der Waals surface area contributed by atoms with Crippen molar-refractivity contribution in [3.63, 3.8) is 0 Å². The maximum absolute atomic E-state index is 13.7. The SMILES string of the molecule is Cl.O=C1CCc2ccccc2N1CCN1CCC(c2c[nH]c3ccc(F)cc23)CC1. The van der Waals surface area contributed by atoms with E-state index in [4.69, 9.17) is 0 Å². The van der Waals surface area contributed by atoms with Crippen molar-refractivity contribution in [2.75, 3.05) is 31.1 Å². The van der Waals surface area contributed by atoms with Crippen molar-refractivity contribution >= 4 is 34.9 Å². The van der Waals surface area contributed by atoms with E-state index in [-0.39, 0.29) is 24.1 Å². The van der Waals surface area contributed by atoms with Crippen LogP contribution in [0.4, 0.5) is 10.1 Å². The van der Waals surface area contributed by atoms with Crippen LogP contribution in [0, 0.1) is 5.82 Å². The molecule has 2 aliphatic rings. The predicted molar refractivity (Wildman–Crippen MR) is 121 cm³/mol. The number of halogens is 2. The Hall–Kier alpha value is -2.37. The van der Waals surface area contributed by atoms with Gasteiger partial charge in [-0.25, -0.2) is 4.39 Å². The summed E-state index contributed by atoms with van der Waals surface area (Å²) < 4.78 is 13.7. The number of likely N-dealkylation sites (tertiary alicyclic amines) is 1. The molecular formula is C24H27ClFN3O. The Morgan fingerprint density at radius 2 is 1.83 bits per heavy atom. The zero-order valence-electron chi connectivity index (χ0n) is 16.9. The van der Waals surface area contributed by atoms with E-state index in [0.29, 0.717) is 12.3 Å². The van der Waals surface area contributed by atoms with Crippen molar-refractivity contribution < 1.29 is 9.18 Å². The first-order valence-corrected chi connectivity index (χ1v) is 10.6. The van der Waals surface area contributed by atoms with Gasteiger partial charge in [-0.3, -0.25) is 4.79 Å². The second-order valence-electron chi connectivity index (χ2n) is 8.22. The average molecular weight is 428 g/mol. The number of hydrogen-bond donors (Lipinski definition) is 1. The van der Waals surface area contributed by atoms with E-state index in [1.807, 2.05) is 29.3 Å². The molecule has 1 aromatic heterocycles. The number of nitrogens with one attached hydrogen (secondary N) is 1. The van der Waals surface area contributed by atoms with Crippen molar-refractivity contribution in [2.24, 2.45) is 0 Å². The van der Waals surface area contributed by atoms with E-state index < -0.39 is 0 Å². The van der Waals surface area contributed by atoms with Gasteiger partial charge >= 0.3 is 0 Å². The van der Waals surface area contributed by atoms with Crippen LogP contribution in [-0.2, 0) is 11.2 Å². The third-order valence-electron chi connectivity index (χ3n) is 6.53. The lowest BCUT2D eigenvalue weighted by molar-refractivity contribution is -0.119. The minimum Gasteiger partial charge on any atom is -0.361 e. The van der Waals surface area contributed by atoms with Gasteiger partial charge in [-0.2, -0.15) is 0 Å². The van der Waals surface area contributed by atoms with Crippen LogP contribution in [0.25, 0.3) is 10.9 Å². The van der Waals surface area contributed by atoms with E-state index in [1.54, 1.807) is 6.07 Å². The molecule has 1 amide bonds. The maximum Gasteiger partial charge on any atom is 0.227 e. The Bertz CT molecular complexity index is 1040. The van der Waals surface area contributed by atoms with Gasteiger partial charge < -0.3 is 14.8 Å². The Kier molecular flexibility index (Phi) is 6.11. The highest BCUT2D eigenvalue weighted by Gasteiger charge is 2.26. The van der Waals surface area contributed by atoms with Crippen LogP contribution >= 0.6 is 12.4 Å². The normalized spacial score (nSPS) is 17.8. The highest BCUT2D eigenvalue weighted by Crippen LogP contribution is 2.34. The summed E-state index contributed by atoms with van der Waals surface area (Å²) in [6.45, 7) is 3.67. The number of para-hydroxylation sites is 1. The van der Waals surface area contributed by atoms with E-state index >= 15 is 0 Å². The fraction of sp³-hybridized carbons (Fsp3) is 0.375. The molecule has 1 fully saturated rings. The fourth-order valence-corrected chi connectivity index (χ4v) is 4.90. The third kappa shape index (κ3) is 3.96. The number of anilines is 1. The van der Waals surface area contributed by atoms with Crippen LogP contribution in [-0.4, -0.2) is 42.0 Å². The van der Waals surface area contributed by atoms with Gasteiger partial charge in [0, 0.05) is 42.3 Å². The number of aryl methyl sites for hydroxylation is 1. The molecule has 2 aliphatic heterocycles. The molecule has 30 heavy (non-hydrogen) atoms. The first kappa shape index (κ1) is 20.9. The number of H-pyrrole nitrogens is 1. The number of benzene rings is 2. The topological polar surface area (TPSA) is 39.3 Å². The van der Waals surface area contributed by atoms with E-state index in [0.717, 1.165) is 62.0 Å². The number of carbonyl (C=O) groups excluding carboxylic acids is 1. The van der Waals surface area contributed by atoms with E-state index in [2.05, 4.69) is 22.0 Å². The second kappa shape index (κ2) is 8.78. The van der Waals surface area contributed by atoms with Crippen molar-refractivity contribution in [2.45, 2.75) is 31.6 Å². The molecule has 3 aromatic rings. The zero-order valence-corrected chi connectivity index (χ0v) is 17.8. The van der Waals surface area contributed by atoms with Gasteiger partial charge in [-0.15, -0.1) is 12.4 Å². The summed E-state index contributed by atoms with van der Waals surface area (Å²) in [7, 11) is 0. The highest BCUT2D eigenvalue weighted by molar-refractivity contribution is 5.96. The van der Waals surface area contributed by atoms with Crippen LogP contribution in [0.5, 0.6) is 0 Å². The lowest BCUT2D eigenvalue weighted by Gasteiger charge is -2.35. The summed E-state index contributed by atoms with van der Waals surface area (Å²) in [5, 5.41) is 1.01. The Morgan fingerprint density at radius 3 is 2.67 bits per heavy atom. The smallest absolute Gasteiger partial charge is 0.227 e. The van der Waals surface area contributed by atoms with Crippen LogP contribution in [0.2, 0.25) is 0 Å². The number of fused-ring (bicyclic) bond motifs is 2. The zero-order chi connectivity index (χ0) is 19.8. The van der Waals surface area contributed by atoms with Crippen LogP contribution < -0.4 is 4.90 Å². The highest BCUT2D eigenvalue weighted by atomic mass is 35.5. The summed E-state index contributed by atoms with van der Waals surface area (Å²) in [6.07, 6.45) is 5.63. The minimum absolute atomic E-state index is 0. The van der Waals surface area contributed by atoms with E-state index in [9.17, 15) is 9.18 Å². The van der Waals surface area contributed by atoms with Crippen LogP contribution in [0.15, 0.2) is 48.7 Å². The minimum atomic E-state index is -0.178. The Morgan fingerprint density at radius 1 is 1.03 bits per heavy atom. The Balaban J connectivity index is 0.00000218. The van der Waals surface area contributed by atoms with Crippen LogP contribution in [0.1, 0.15) is 36.3 Å². The number of piperidine rings is 1. The van der Waals surface area contributed by atoms with Gasteiger partial charge in [-0.1, -0.05) is 18.2 Å². The number of nitrogens with zero attached hydrogens (tertiary/aromatic N) is 2. The average Bonchev–Trinajstić information content (AvgIpc) is 3.16. The monoisotopic (exact) mass is 427 g/mol. The maximum atomic E-state index is 13.7. The van der Waals surface area contributed by atoms with Crippen molar-refractivity contribution in [3.05, 3.63) is 65.6 Å². The quantitative estimate of drug-likeness (QED) is 0.644. The number of aromatic amines is 1. The molecule has 3 heterocycles.